The lowest BCUT2D eigenvalue weighted by Crippen LogP contribution is -2.50. The molecule has 6 N–H and O–H groups in total. The molecular formula is C40H62N4O6. The molecule has 278 valence electrons. The fourth-order valence-electron chi connectivity index (χ4n) is 6.05. The first-order valence-electron chi connectivity index (χ1n) is 19.0. The number of rotatable bonds is 23. The molecule has 0 aliphatic carbocycles. The summed E-state index contributed by atoms with van der Waals surface area (Å²) in [7, 11) is 0. The molecule has 10 heteroatoms. The molecule has 0 radical (unpaired) electrons. The third kappa shape index (κ3) is 15.2. The largest absolute Gasteiger partial charge is 0.507 e. The average molecular weight is 695 g/mol. The van der Waals surface area contributed by atoms with E-state index in [4.69, 9.17) is 0 Å². The molecule has 0 saturated heterocycles. The molecule has 2 atom stereocenters. The zero-order valence-corrected chi connectivity index (χ0v) is 30.9. The zero-order chi connectivity index (χ0) is 36.7. The molecule has 0 aromatic heterocycles. The second kappa shape index (κ2) is 24.1. The molecule has 50 heavy (non-hydrogen) atoms. The molecule has 0 fully saturated rings. The van der Waals surface area contributed by atoms with Gasteiger partial charge in [0.2, 0.25) is 11.8 Å². The van der Waals surface area contributed by atoms with Gasteiger partial charge in [0, 0.05) is 5.92 Å². The number of phenolic OH excluding ortho intramolecular Hbond substituents is 2. The van der Waals surface area contributed by atoms with E-state index in [2.05, 4.69) is 42.5 Å². The van der Waals surface area contributed by atoms with Gasteiger partial charge in [0.05, 0.1) is 17.0 Å². The summed E-state index contributed by atoms with van der Waals surface area (Å²) >= 11 is 0. The van der Waals surface area contributed by atoms with Crippen LogP contribution >= 0.6 is 0 Å². The van der Waals surface area contributed by atoms with E-state index < -0.39 is 35.5 Å². The van der Waals surface area contributed by atoms with Crippen LogP contribution in [0, 0.1) is 11.8 Å². The van der Waals surface area contributed by atoms with Crippen molar-refractivity contribution in [1.82, 2.24) is 21.7 Å². The topological polar surface area (TPSA) is 157 Å². The van der Waals surface area contributed by atoms with Crippen LogP contribution in [0.3, 0.4) is 0 Å². The summed E-state index contributed by atoms with van der Waals surface area (Å²) in [5.41, 5.74) is 11.5. The number of aromatic hydroxyl groups is 2. The van der Waals surface area contributed by atoms with Gasteiger partial charge in [0.25, 0.3) is 11.8 Å². The zero-order valence-electron chi connectivity index (χ0n) is 30.9. The summed E-state index contributed by atoms with van der Waals surface area (Å²) in [5, 5.41) is 21.0. The predicted octanol–water partition coefficient (Wildman–Crippen LogP) is 7.96. The van der Waals surface area contributed by atoms with Crippen LogP contribution in [0.2, 0.25) is 0 Å². The molecule has 10 nitrogen and oxygen atoms in total. The molecule has 0 heterocycles. The summed E-state index contributed by atoms with van der Waals surface area (Å²) in [6, 6.07) is 9.85. The highest BCUT2D eigenvalue weighted by Gasteiger charge is 2.31. The number of carbonyl (C=O) groups is 4. The summed E-state index contributed by atoms with van der Waals surface area (Å²) < 4.78 is 0. The van der Waals surface area contributed by atoms with Gasteiger partial charge in [-0.1, -0.05) is 123 Å². The van der Waals surface area contributed by atoms with Crippen molar-refractivity contribution in [3.8, 4) is 11.5 Å². The third-order valence-corrected chi connectivity index (χ3v) is 9.32. The fourth-order valence-corrected chi connectivity index (χ4v) is 6.05. The van der Waals surface area contributed by atoms with E-state index in [0.29, 0.717) is 12.8 Å². The van der Waals surface area contributed by atoms with E-state index in [1.807, 2.05) is 0 Å². The molecular weight excluding hydrogens is 632 g/mol. The van der Waals surface area contributed by atoms with Crippen LogP contribution in [0.15, 0.2) is 36.4 Å². The molecule has 2 unspecified atom stereocenters. The van der Waals surface area contributed by atoms with Gasteiger partial charge in [-0.2, -0.15) is 0 Å². The van der Waals surface area contributed by atoms with Crippen molar-refractivity contribution in [1.29, 1.82) is 0 Å². The second-order valence-electron chi connectivity index (χ2n) is 13.5. The van der Waals surface area contributed by atoms with Gasteiger partial charge in [-0.25, -0.2) is 0 Å². The van der Waals surface area contributed by atoms with Gasteiger partial charge in [0.15, 0.2) is 0 Å². The van der Waals surface area contributed by atoms with Crippen LogP contribution in [0.5, 0.6) is 11.5 Å². The highest BCUT2D eigenvalue weighted by molar-refractivity contribution is 5.99. The smallest absolute Gasteiger partial charge is 0.273 e. The van der Waals surface area contributed by atoms with Crippen LogP contribution < -0.4 is 21.7 Å². The Morgan fingerprint density at radius 2 is 0.940 bits per heavy atom. The first kappa shape index (κ1) is 42.1. The maximum absolute atomic E-state index is 13.4. The van der Waals surface area contributed by atoms with Crippen molar-refractivity contribution < 1.29 is 29.4 Å². The van der Waals surface area contributed by atoms with Crippen LogP contribution in [0.4, 0.5) is 0 Å². The van der Waals surface area contributed by atoms with E-state index in [1.165, 1.54) is 44.6 Å². The number of hydrazine groups is 2. The van der Waals surface area contributed by atoms with Gasteiger partial charge < -0.3 is 10.2 Å². The van der Waals surface area contributed by atoms with E-state index >= 15 is 0 Å². The maximum Gasteiger partial charge on any atom is 0.273 e. The van der Waals surface area contributed by atoms with E-state index in [-0.39, 0.29) is 22.6 Å². The molecule has 0 spiro atoms. The quantitative estimate of drug-likeness (QED) is 0.0512. The van der Waals surface area contributed by atoms with Crippen LogP contribution in [0.25, 0.3) is 0 Å². The first-order chi connectivity index (χ1) is 24.1. The molecule has 0 bridgehead atoms. The maximum atomic E-state index is 13.4. The number of aryl methyl sites for hydroxylation is 2. The number of amides is 4. The van der Waals surface area contributed by atoms with Gasteiger partial charge in [-0.15, -0.1) is 0 Å². The molecule has 0 aliphatic rings. The molecule has 0 saturated carbocycles. The predicted molar refractivity (Wildman–Crippen MR) is 198 cm³/mol. The fraction of sp³-hybridized carbons (Fsp3) is 0.600. The highest BCUT2D eigenvalue weighted by Crippen LogP contribution is 2.23. The van der Waals surface area contributed by atoms with Crippen LogP contribution in [-0.4, -0.2) is 33.8 Å². The number of nitrogens with one attached hydrogen (secondary N) is 4. The van der Waals surface area contributed by atoms with Crippen molar-refractivity contribution in [2.24, 2.45) is 11.8 Å². The van der Waals surface area contributed by atoms with E-state index in [1.54, 1.807) is 37.3 Å². The normalized spacial score (nSPS) is 12.2. The Bertz CT molecular complexity index is 1350. The Morgan fingerprint density at radius 1 is 0.540 bits per heavy atom. The van der Waals surface area contributed by atoms with E-state index in [9.17, 15) is 29.4 Å². The van der Waals surface area contributed by atoms with Crippen molar-refractivity contribution in [3.63, 3.8) is 0 Å². The minimum absolute atomic E-state index is 0.0314. The summed E-state index contributed by atoms with van der Waals surface area (Å²) in [5.74, 6) is -4.46. The van der Waals surface area contributed by atoms with Gasteiger partial charge in [-0.05, 0) is 67.5 Å². The molecule has 2 aromatic carbocycles. The molecule has 4 amide bonds. The van der Waals surface area contributed by atoms with E-state index in [0.717, 1.165) is 75.3 Å². The van der Waals surface area contributed by atoms with Crippen LogP contribution in [0.1, 0.15) is 162 Å². The monoisotopic (exact) mass is 694 g/mol. The average Bonchev–Trinajstić information content (AvgIpc) is 3.10. The summed E-state index contributed by atoms with van der Waals surface area (Å²) in [6.07, 6.45) is 18.1. The highest BCUT2D eigenvalue weighted by atomic mass is 16.3. The lowest BCUT2D eigenvalue weighted by molar-refractivity contribution is -0.135. The molecule has 2 aromatic rings. The standard InChI is InChI=1S/C40H62N4O6/c1-5-8-11-14-17-20-30-23-25-33(35(45)27-30)39(49)43-41-37(47)29(4)32(22-19-16-13-10-7-3)38(48)42-44-40(50)34-26-24-31(28-36(34)46)21-18-15-12-9-6-2/h23-29,32,45-46H,5-22H2,1-4H3,(H,41,47)(H,42,48)(H,43,49)(H,44,50). The minimum Gasteiger partial charge on any atom is -0.507 e. The Labute approximate surface area is 299 Å². The lowest BCUT2D eigenvalue weighted by atomic mass is 9.87. The van der Waals surface area contributed by atoms with Gasteiger partial charge in [-0.3, -0.25) is 40.9 Å². The van der Waals surface area contributed by atoms with Crippen molar-refractivity contribution >= 4 is 23.6 Å². The van der Waals surface area contributed by atoms with Gasteiger partial charge >= 0.3 is 0 Å². The van der Waals surface area contributed by atoms with Crippen LogP contribution in [-0.2, 0) is 22.4 Å². The number of hydrogen-bond donors (Lipinski definition) is 6. The lowest BCUT2D eigenvalue weighted by Gasteiger charge is -2.23. The number of benzene rings is 2. The van der Waals surface area contributed by atoms with Crippen molar-refractivity contribution in [2.45, 2.75) is 143 Å². The number of unbranched alkanes of at least 4 members (excludes halogenated alkanes) is 12. The Morgan fingerprint density at radius 3 is 1.36 bits per heavy atom. The molecule has 2 rings (SSSR count). The Balaban J connectivity index is 1.98. The summed E-state index contributed by atoms with van der Waals surface area (Å²) in [4.78, 5) is 52.2. The third-order valence-electron chi connectivity index (χ3n) is 9.32. The van der Waals surface area contributed by atoms with Gasteiger partial charge in [0.1, 0.15) is 11.5 Å². The first-order valence-corrected chi connectivity index (χ1v) is 19.0. The number of carbonyl (C=O) groups excluding carboxylic acids is 4. The Kier molecular flexibility index (Phi) is 20.3. The van der Waals surface area contributed by atoms with Crippen molar-refractivity contribution in [3.05, 3.63) is 58.7 Å². The number of phenols is 2. The number of hydrogen-bond acceptors (Lipinski definition) is 6. The summed E-state index contributed by atoms with van der Waals surface area (Å²) in [6.45, 7) is 8.05. The second-order valence-corrected chi connectivity index (χ2v) is 13.5. The minimum atomic E-state index is -0.855. The molecule has 0 aliphatic heterocycles. The SMILES string of the molecule is CCCCCCCc1ccc(C(=O)NNC(=O)C(C)C(CCCCCCC)C(=O)NNC(=O)c2ccc(CCCCCCC)cc2O)c(O)c1. The Hall–Kier alpha value is -4.08. The van der Waals surface area contributed by atoms with Crippen molar-refractivity contribution in [2.75, 3.05) is 0 Å².